The van der Waals surface area contributed by atoms with Crippen LogP contribution in [0.4, 0.5) is 5.69 Å². The molecule has 0 saturated heterocycles. The lowest BCUT2D eigenvalue weighted by Gasteiger charge is -2.19. The third kappa shape index (κ3) is 5.64. The summed E-state index contributed by atoms with van der Waals surface area (Å²) in [6.07, 6.45) is 4.01. The first-order chi connectivity index (χ1) is 10.9. The molecule has 0 aliphatic carbocycles. The number of β-amino-alcohol motifs (C(OH)–C–C–N with tert-alkyl or cyclic N) is 1. The van der Waals surface area contributed by atoms with Crippen molar-refractivity contribution in [2.45, 2.75) is 25.7 Å². The maximum absolute atomic E-state index is 11.3. The van der Waals surface area contributed by atoms with E-state index < -0.39 is 0 Å². The number of benzene rings is 1. The summed E-state index contributed by atoms with van der Waals surface area (Å²) in [5, 5.41) is 9.93. The Morgan fingerprint density at radius 3 is 2.43 bits per heavy atom. The third-order valence-electron chi connectivity index (χ3n) is 3.21. The number of nitrogens with two attached hydrogens (primary N) is 1. The molecule has 1 aromatic carbocycles. The maximum atomic E-state index is 11.3. The van der Waals surface area contributed by atoms with Crippen molar-refractivity contribution in [1.82, 2.24) is 4.90 Å². The van der Waals surface area contributed by atoms with Gasteiger partial charge in [0.25, 0.3) is 0 Å². The normalized spacial score (nSPS) is 15.7. The van der Waals surface area contributed by atoms with Gasteiger partial charge in [-0.05, 0) is 51.3 Å². The van der Waals surface area contributed by atoms with Crippen LogP contribution in [0.1, 0.15) is 20.8 Å². The van der Waals surface area contributed by atoms with Gasteiger partial charge < -0.3 is 15.7 Å². The number of nitrogen functional groups attached to an aromatic ring is 1. The summed E-state index contributed by atoms with van der Waals surface area (Å²) in [5.74, 6) is 0.0901. The van der Waals surface area contributed by atoms with Crippen molar-refractivity contribution in [2.24, 2.45) is 0 Å². The molecule has 0 bridgehead atoms. The summed E-state index contributed by atoms with van der Waals surface area (Å²) in [5.41, 5.74) is 7.25. The Balaban J connectivity index is 0.000000253. The highest BCUT2D eigenvalue weighted by atomic mass is 32.2. The minimum Gasteiger partial charge on any atom is -0.399 e. The van der Waals surface area contributed by atoms with Crippen LogP contribution in [0.25, 0.3) is 0 Å². The average molecular weight is 353 g/mol. The molecule has 126 valence electrons. The largest absolute Gasteiger partial charge is 0.399 e. The zero-order chi connectivity index (χ0) is 17.4. The minimum atomic E-state index is 0.0901. The zero-order valence-corrected chi connectivity index (χ0v) is 15.6. The molecule has 0 aromatic heterocycles. The number of hydrogen-bond acceptors (Lipinski definition) is 6. The number of thioether (sulfide) groups is 2. The first kappa shape index (κ1) is 19.7. The van der Waals surface area contributed by atoms with E-state index in [0.717, 1.165) is 21.3 Å². The van der Waals surface area contributed by atoms with Crippen LogP contribution in [0.15, 0.2) is 50.9 Å². The van der Waals surface area contributed by atoms with E-state index in [1.165, 1.54) is 16.7 Å². The van der Waals surface area contributed by atoms with E-state index >= 15 is 0 Å². The smallest absolute Gasteiger partial charge is 0.168 e. The third-order valence-corrected chi connectivity index (χ3v) is 5.41. The van der Waals surface area contributed by atoms with Crippen molar-refractivity contribution in [2.75, 3.05) is 25.1 Å². The summed E-state index contributed by atoms with van der Waals surface area (Å²) in [7, 11) is 0. The number of carbonyl (C=O) groups is 1. The molecule has 3 N–H and O–H groups in total. The summed E-state index contributed by atoms with van der Waals surface area (Å²) in [6.45, 7) is 6.07. The van der Waals surface area contributed by atoms with Crippen molar-refractivity contribution >= 4 is 35.0 Å². The molecule has 0 saturated carbocycles. The van der Waals surface area contributed by atoms with Crippen LogP contribution < -0.4 is 5.73 Å². The van der Waals surface area contributed by atoms with Gasteiger partial charge in [0, 0.05) is 22.8 Å². The molecule has 0 radical (unpaired) electrons. The number of allylic oxidation sites excluding steroid dienone is 3. The molecule has 2 rings (SSSR count). The van der Waals surface area contributed by atoms with Crippen LogP contribution in [0.2, 0.25) is 0 Å². The van der Waals surface area contributed by atoms with Gasteiger partial charge in [-0.25, -0.2) is 0 Å². The zero-order valence-electron chi connectivity index (χ0n) is 14.0. The van der Waals surface area contributed by atoms with Gasteiger partial charge in [0.05, 0.1) is 16.5 Å². The highest BCUT2D eigenvalue weighted by Gasteiger charge is 2.26. The number of carbonyl (C=O) groups excluding carboxylic acids is 1. The van der Waals surface area contributed by atoms with E-state index in [1.54, 1.807) is 18.7 Å². The molecule has 1 aromatic rings. The molecule has 1 aliphatic heterocycles. The van der Waals surface area contributed by atoms with E-state index in [-0.39, 0.29) is 12.4 Å². The van der Waals surface area contributed by atoms with Gasteiger partial charge in [-0.3, -0.25) is 4.79 Å². The number of aliphatic hydroxyl groups excluding tert-OH is 1. The average Bonchev–Trinajstić information content (AvgIpc) is 2.86. The standard InChI is InChI=1S/C10H15NO2S.C7H9NS/c1-4-9-11(5-6-12)7(2)10(14-9)8(3)13;1-9-7-4-2-6(8)3-5-7/h4,12H,5-6H2,1-3H3;2-5H,8H2,1H3. The fourth-order valence-electron chi connectivity index (χ4n) is 2.04. The predicted molar refractivity (Wildman–Crippen MR) is 101 cm³/mol. The number of anilines is 1. The first-order valence-electron chi connectivity index (χ1n) is 7.28. The predicted octanol–water partition coefficient (Wildman–Crippen LogP) is 3.70. The lowest BCUT2D eigenvalue weighted by molar-refractivity contribution is -0.113. The van der Waals surface area contributed by atoms with E-state index in [2.05, 4.69) is 0 Å². The van der Waals surface area contributed by atoms with Crippen molar-refractivity contribution in [3.8, 4) is 0 Å². The SMILES string of the molecule is CC=C1SC(C(C)=O)=C(C)N1CCO.CSc1ccc(N)cc1. The molecule has 23 heavy (non-hydrogen) atoms. The molecule has 1 heterocycles. The Morgan fingerprint density at radius 2 is 2.00 bits per heavy atom. The molecular weight excluding hydrogens is 328 g/mol. The van der Waals surface area contributed by atoms with Gasteiger partial charge in [0.2, 0.25) is 0 Å². The molecule has 0 atom stereocenters. The number of aliphatic hydroxyl groups is 1. The van der Waals surface area contributed by atoms with Crippen molar-refractivity contribution < 1.29 is 9.90 Å². The topological polar surface area (TPSA) is 66.6 Å². The van der Waals surface area contributed by atoms with Gasteiger partial charge in [0.1, 0.15) is 0 Å². The number of ketones is 1. The number of rotatable bonds is 4. The van der Waals surface area contributed by atoms with Crippen LogP contribution in [0.3, 0.4) is 0 Å². The summed E-state index contributed by atoms with van der Waals surface area (Å²) in [6, 6.07) is 7.84. The van der Waals surface area contributed by atoms with E-state index in [1.807, 2.05) is 55.3 Å². The number of hydrogen-bond donors (Lipinski definition) is 2. The Bertz CT molecular complexity index is 595. The monoisotopic (exact) mass is 352 g/mol. The van der Waals surface area contributed by atoms with E-state index in [0.29, 0.717) is 6.54 Å². The van der Waals surface area contributed by atoms with Gasteiger partial charge in [-0.2, -0.15) is 0 Å². The number of nitrogens with zero attached hydrogens (tertiary/aromatic N) is 1. The Hall–Kier alpha value is -1.37. The van der Waals surface area contributed by atoms with Crippen LogP contribution in [0, 0.1) is 0 Å². The lowest BCUT2D eigenvalue weighted by atomic mass is 10.3. The van der Waals surface area contributed by atoms with Crippen LogP contribution in [-0.2, 0) is 4.79 Å². The van der Waals surface area contributed by atoms with E-state index in [9.17, 15) is 4.79 Å². The van der Waals surface area contributed by atoms with Crippen LogP contribution in [-0.4, -0.2) is 35.2 Å². The minimum absolute atomic E-state index is 0.0901. The fraction of sp³-hybridized carbons (Fsp3) is 0.353. The molecule has 0 spiro atoms. The molecule has 6 heteroatoms. The fourth-order valence-corrected chi connectivity index (χ4v) is 3.52. The second-order valence-electron chi connectivity index (χ2n) is 4.85. The number of Topliss-reactive ketones (excluding diaryl/α,β-unsaturated/α-hetero) is 1. The summed E-state index contributed by atoms with van der Waals surface area (Å²) >= 11 is 3.20. The van der Waals surface area contributed by atoms with Crippen molar-refractivity contribution in [1.29, 1.82) is 0 Å². The van der Waals surface area contributed by atoms with Crippen LogP contribution >= 0.6 is 23.5 Å². The molecule has 0 fully saturated rings. The summed E-state index contributed by atoms with van der Waals surface area (Å²) < 4.78 is 0. The van der Waals surface area contributed by atoms with Gasteiger partial charge >= 0.3 is 0 Å². The Labute approximate surface area is 146 Å². The quantitative estimate of drug-likeness (QED) is 0.636. The Kier molecular flexibility index (Phi) is 8.30. The van der Waals surface area contributed by atoms with Gasteiger partial charge in [0.15, 0.2) is 5.78 Å². The second-order valence-corrected chi connectivity index (χ2v) is 6.76. The van der Waals surface area contributed by atoms with Gasteiger partial charge in [-0.1, -0.05) is 17.8 Å². The van der Waals surface area contributed by atoms with Crippen molar-refractivity contribution in [3.05, 3.63) is 46.0 Å². The Morgan fingerprint density at radius 1 is 1.39 bits per heavy atom. The first-order valence-corrected chi connectivity index (χ1v) is 9.32. The highest BCUT2D eigenvalue weighted by Crippen LogP contribution is 2.40. The maximum Gasteiger partial charge on any atom is 0.168 e. The molecule has 4 nitrogen and oxygen atoms in total. The molecular formula is C17H24N2O2S2. The van der Waals surface area contributed by atoms with E-state index in [4.69, 9.17) is 10.8 Å². The van der Waals surface area contributed by atoms with Crippen molar-refractivity contribution in [3.63, 3.8) is 0 Å². The lowest BCUT2D eigenvalue weighted by Crippen LogP contribution is -2.20. The van der Waals surface area contributed by atoms with Gasteiger partial charge in [-0.15, -0.1) is 11.8 Å². The summed E-state index contributed by atoms with van der Waals surface area (Å²) in [4.78, 5) is 15.3. The second kappa shape index (κ2) is 9.70. The molecule has 0 amide bonds. The molecule has 1 aliphatic rings. The highest BCUT2D eigenvalue weighted by molar-refractivity contribution is 8.07. The van der Waals surface area contributed by atoms with Crippen LogP contribution in [0.5, 0.6) is 0 Å². The molecule has 0 unspecified atom stereocenters.